The van der Waals surface area contributed by atoms with Crippen LogP contribution in [0.5, 0.6) is 0 Å². The van der Waals surface area contributed by atoms with E-state index in [1.807, 2.05) is 0 Å². The monoisotopic (exact) mass is 598 g/mol. The number of carbonyl (C=O) groups is 2. The van der Waals surface area contributed by atoms with Gasteiger partial charge in [-0.15, -0.1) is 0 Å². The third-order valence-corrected chi connectivity index (χ3v) is 9.46. The number of rotatable bonds is 8. The zero-order chi connectivity index (χ0) is 31.1. The number of alkyl halides is 6. The molecule has 0 aromatic carbocycles. The predicted molar refractivity (Wildman–Crippen MR) is 136 cm³/mol. The number of hydrogen-bond acceptors (Lipinski definition) is 6. The van der Waals surface area contributed by atoms with E-state index in [0.717, 1.165) is 32.8 Å². The Hall–Kier alpha value is -2.08. The van der Waals surface area contributed by atoms with Gasteiger partial charge in [-0.05, 0) is 108 Å². The van der Waals surface area contributed by atoms with Gasteiger partial charge in [0.05, 0.1) is 0 Å². The Labute approximate surface area is 236 Å². The second kappa shape index (κ2) is 11.9. The van der Waals surface area contributed by atoms with E-state index in [1.54, 1.807) is 6.92 Å². The van der Waals surface area contributed by atoms with E-state index in [-0.39, 0.29) is 60.6 Å². The van der Waals surface area contributed by atoms with E-state index >= 15 is 0 Å². The molecule has 0 amide bonds. The summed E-state index contributed by atoms with van der Waals surface area (Å²) in [5.41, 5.74) is -4.96. The van der Waals surface area contributed by atoms with Gasteiger partial charge < -0.3 is 19.7 Å². The van der Waals surface area contributed by atoms with Gasteiger partial charge in [0.2, 0.25) is 0 Å². The van der Waals surface area contributed by atoms with Crippen LogP contribution in [0.3, 0.4) is 0 Å². The van der Waals surface area contributed by atoms with Crippen molar-refractivity contribution >= 4 is 11.9 Å². The van der Waals surface area contributed by atoms with Crippen molar-refractivity contribution < 1.29 is 55.6 Å². The van der Waals surface area contributed by atoms with Gasteiger partial charge in [0.25, 0.3) is 0 Å². The first-order valence-corrected chi connectivity index (χ1v) is 13.9. The van der Waals surface area contributed by atoms with E-state index < -0.39 is 35.5 Å². The number of fused-ring (bicyclic) bond motifs is 4. The van der Waals surface area contributed by atoms with Crippen molar-refractivity contribution in [2.45, 2.75) is 108 Å². The molecular formula is C29H40F6O6. The highest BCUT2D eigenvalue weighted by atomic mass is 19.4. The smallest absolute Gasteiger partial charge is 0.416 e. The Kier molecular flexibility index (Phi) is 9.70. The highest BCUT2D eigenvalue weighted by Gasteiger charge is 2.56. The topological polar surface area (TPSA) is 93.1 Å². The van der Waals surface area contributed by atoms with Crippen molar-refractivity contribution in [3.8, 4) is 0 Å². The molecule has 0 aliphatic heterocycles. The quantitative estimate of drug-likeness (QED) is 0.201. The molecule has 4 aliphatic carbocycles. The number of carbonyl (C=O) groups excluding carboxylic acids is 2. The zero-order valence-corrected chi connectivity index (χ0v) is 23.6. The average Bonchev–Trinajstić information content (AvgIpc) is 3.58. The second-order valence-corrected chi connectivity index (χ2v) is 12.8. The Morgan fingerprint density at radius 2 is 1.15 bits per heavy atom. The summed E-state index contributed by atoms with van der Waals surface area (Å²) in [4.78, 5) is 22.7. The molecule has 4 rings (SSSR count). The van der Waals surface area contributed by atoms with Gasteiger partial charge >= 0.3 is 24.3 Å². The third-order valence-electron chi connectivity index (χ3n) is 9.46. The molecule has 0 radical (unpaired) electrons. The molecule has 234 valence electrons. The molecule has 0 aromatic heterocycles. The number of halogens is 6. The van der Waals surface area contributed by atoms with Crippen LogP contribution in [0.25, 0.3) is 0 Å². The summed E-state index contributed by atoms with van der Waals surface area (Å²) in [5, 5.41) is 19.2. The Morgan fingerprint density at radius 3 is 1.44 bits per heavy atom. The molecule has 10 unspecified atom stereocenters. The lowest BCUT2D eigenvalue weighted by Crippen LogP contribution is -2.44. The zero-order valence-electron chi connectivity index (χ0n) is 23.6. The maximum Gasteiger partial charge on any atom is 0.416 e. The van der Waals surface area contributed by atoms with Crippen molar-refractivity contribution in [3.05, 3.63) is 24.8 Å². The molecule has 41 heavy (non-hydrogen) atoms. The first-order valence-electron chi connectivity index (χ1n) is 13.9. The van der Waals surface area contributed by atoms with Gasteiger partial charge in [0, 0.05) is 11.6 Å². The lowest BCUT2D eigenvalue weighted by Gasteiger charge is -2.34. The van der Waals surface area contributed by atoms with E-state index in [0.29, 0.717) is 31.3 Å². The van der Waals surface area contributed by atoms with Gasteiger partial charge in [0.1, 0.15) is 12.2 Å². The van der Waals surface area contributed by atoms with Crippen LogP contribution in [0.4, 0.5) is 26.3 Å². The summed E-state index contributed by atoms with van der Waals surface area (Å²) in [6.45, 7) is 10.1. The number of hydrogen-bond donors (Lipinski definition) is 2. The normalized spacial score (nSPS) is 35.1. The van der Waals surface area contributed by atoms with Crippen LogP contribution in [-0.2, 0) is 19.1 Å². The standard InChI is InChI=1S/C15H21F3O3.C14H19F3O3/c1-8(2)13(19)21-12-6-9-4-10(12)5-11(9)7-14(3,20)15(16,17)18;1-3-12(18)20-11-6-8-4-9(11)5-10(8)7-13(2,19)14(15,16)17/h9-12,20H,1,4-7H2,2-3H3;3,8-11,19H,1,4-7H2,2H3. The van der Waals surface area contributed by atoms with Crippen LogP contribution in [0.1, 0.15) is 72.1 Å². The van der Waals surface area contributed by atoms with Crippen molar-refractivity contribution in [1.82, 2.24) is 0 Å². The number of aliphatic hydroxyl groups is 2. The molecule has 4 aliphatic rings. The highest BCUT2D eigenvalue weighted by molar-refractivity contribution is 5.87. The van der Waals surface area contributed by atoms with Crippen LogP contribution in [0, 0.1) is 35.5 Å². The Balaban J connectivity index is 0.000000226. The molecular weight excluding hydrogens is 558 g/mol. The lowest BCUT2D eigenvalue weighted by molar-refractivity contribution is -0.259. The molecule has 10 atom stereocenters. The molecule has 4 bridgehead atoms. The van der Waals surface area contributed by atoms with E-state index in [4.69, 9.17) is 9.47 Å². The van der Waals surface area contributed by atoms with Crippen LogP contribution < -0.4 is 0 Å². The highest BCUT2D eigenvalue weighted by Crippen LogP contribution is 2.54. The maximum atomic E-state index is 12.7. The summed E-state index contributed by atoms with van der Waals surface area (Å²) in [6.07, 6.45) is -5.24. The molecule has 2 N–H and O–H groups in total. The minimum Gasteiger partial charge on any atom is -0.459 e. The van der Waals surface area contributed by atoms with Crippen LogP contribution in [0.2, 0.25) is 0 Å². The maximum absolute atomic E-state index is 12.7. The lowest BCUT2D eigenvalue weighted by atomic mass is 9.80. The molecule has 4 fully saturated rings. The fraction of sp³-hybridized carbons (Fsp3) is 0.793. The Bertz CT molecular complexity index is 1000. The van der Waals surface area contributed by atoms with E-state index in [1.165, 1.54) is 0 Å². The summed E-state index contributed by atoms with van der Waals surface area (Å²) in [7, 11) is 0. The van der Waals surface area contributed by atoms with E-state index in [9.17, 15) is 46.1 Å². The molecule has 12 heteroatoms. The van der Waals surface area contributed by atoms with Crippen LogP contribution in [0.15, 0.2) is 24.8 Å². The molecule has 0 saturated heterocycles. The minimum absolute atomic E-state index is 0.0896. The largest absolute Gasteiger partial charge is 0.459 e. The van der Waals surface area contributed by atoms with Crippen LogP contribution in [-0.4, -0.2) is 57.9 Å². The van der Waals surface area contributed by atoms with Crippen molar-refractivity contribution in [2.24, 2.45) is 35.5 Å². The Morgan fingerprint density at radius 1 is 0.756 bits per heavy atom. The fourth-order valence-electron chi connectivity index (χ4n) is 7.16. The van der Waals surface area contributed by atoms with E-state index in [2.05, 4.69) is 13.2 Å². The van der Waals surface area contributed by atoms with Gasteiger partial charge in [0.15, 0.2) is 11.2 Å². The number of ether oxygens (including phenoxy) is 2. The summed E-state index contributed by atoms with van der Waals surface area (Å²) < 4.78 is 86.8. The number of esters is 2. The average molecular weight is 599 g/mol. The van der Waals surface area contributed by atoms with Crippen molar-refractivity contribution in [1.29, 1.82) is 0 Å². The van der Waals surface area contributed by atoms with Crippen LogP contribution >= 0.6 is 0 Å². The minimum atomic E-state index is -4.61. The van der Waals surface area contributed by atoms with Gasteiger partial charge in [-0.1, -0.05) is 13.2 Å². The molecule has 0 heterocycles. The van der Waals surface area contributed by atoms with Crippen molar-refractivity contribution in [2.75, 3.05) is 0 Å². The van der Waals surface area contributed by atoms with Crippen molar-refractivity contribution in [3.63, 3.8) is 0 Å². The first kappa shape index (κ1) is 33.4. The van der Waals surface area contributed by atoms with Gasteiger partial charge in [-0.2, -0.15) is 26.3 Å². The molecule has 6 nitrogen and oxygen atoms in total. The fourth-order valence-corrected chi connectivity index (χ4v) is 7.16. The molecule has 4 saturated carbocycles. The predicted octanol–water partition coefficient (Wildman–Crippen LogP) is 6.06. The third kappa shape index (κ3) is 7.66. The SMILES string of the molecule is C=C(C)C(=O)OC1CC2CC1CC2CC(C)(O)C(F)(F)F.C=CC(=O)OC1CC2CC1CC2CC(C)(O)C(F)(F)F. The first-order chi connectivity index (χ1) is 18.6. The molecule has 0 spiro atoms. The molecule has 0 aromatic rings. The van der Waals surface area contributed by atoms with Gasteiger partial charge in [-0.25, -0.2) is 9.59 Å². The summed E-state index contributed by atoms with van der Waals surface area (Å²) in [6, 6.07) is 0. The second-order valence-electron chi connectivity index (χ2n) is 12.8. The summed E-state index contributed by atoms with van der Waals surface area (Å²) >= 11 is 0. The van der Waals surface area contributed by atoms with Gasteiger partial charge in [-0.3, -0.25) is 0 Å². The summed E-state index contributed by atoms with van der Waals surface area (Å²) in [5.74, 6) is -0.844.